The first-order valence-corrected chi connectivity index (χ1v) is 5.90. The van der Waals surface area contributed by atoms with E-state index < -0.39 is 0 Å². The minimum Gasteiger partial charge on any atom is -0.374 e. The maximum Gasteiger partial charge on any atom is 0.0824 e. The quantitative estimate of drug-likeness (QED) is 0.655. The highest BCUT2D eigenvalue weighted by Crippen LogP contribution is 2.07. The van der Waals surface area contributed by atoms with Crippen molar-refractivity contribution in [3.63, 3.8) is 0 Å². The summed E-state index contributed by atoms with van der Waals surface area (Å²) in [4.78, 5) is 2.48. The number of nitrogens with zero attached hydrogens (tertiary/aromatic N) is 1. The second-order valence-corrected chi connectivity index (χ2v) is 4.09. The van der Waals surface area contributed by atoms with E-state index in [1.54, 1.807) is 0 Å². The zero-order chi connectivity index (χ0) is 10.2. The first kappa shape index (κ1) is 12.0. The number of rotatable bonds is 6. The molecule has 14 heavy (non-hydrogen) atoms. The minimum absolute atomic E-state index is 0.273. The molecule has 0 aliphatic carbocycles. The molecule has 3 heteroatoms. The Hall–Kier alpha value is -0.120. The smallest absolute Gasteiger partial charge is 0.0824 e. The summed E-state index contributed by atoms with van der Waals surface area (Å²) >= 11 is 0. The Morgan fingerprint density at radius 3 is 2.93 bits per heavy atom. The largest absolute Gasteiger partial charge is 0.374 e. The van der Waals surface area contributed by atoms with Crippen LogP contribution in [0.15, 0.2) is 0 Å². The Bertz CT molecular complexity index is 141. The van der Waals surface area contributed by atoms with E-state index >= 15 is 0 Å². The van der Waals surface area contributed by atoms with Gasteiger partial charge in [-0.1, -0.05) is 26.2 Å². The molecule has 0 bridgehead atoms. The van der Waals surface area contributed by atoms with E-state index in [2.05, 4.69) is 11.8 Å². The fourth-order valence-corrected chi connectivity index (χ4v) is 1.89. The molecule has 1 aliphatic heterocycles. The van der Waals surface area contributed by atoms with E-state index in [9.17, 15) is 0 Å². The molecule has 1 saturated heterocycles. The Kier molecular flexibility index (Phi) is 6.15. The second kappa shape index (κ2) is 7.21. The van der Waals surface area contributed by atoms with Crippen LogP contribution >= 0.6 is 0 Å². The van der Waals surface area contributed by atoms with Gasteiger partial charge in [-0.25, -0.2) is 0 Å². The molecule has 1 unspecified atom stereocenters. The van der Waals surface area contributed by atoms with Gasteiger partial charge in [0, 0.05) is 19.6 Å². The van der Waals surface area contributed by atoms with Gasteiger partial charge in [-0.05, 0) is 13.0 Å². The zero-order valence-electron chi connectivity index (χ0n) is 9.37. The third-order valence-electron chi connectivity index (χ3n) is 2.81. The number of unbranched alkanes of at least 4 members (excludes halogenated alkanes) is 3. The lowest BCUT2D eigenvalue weighted by atomic mass is 10.2. The van der Waals surface area contributed by atoms with Crippen LogP contribution in [0.5, 0.6) is 0 Å². The number of nitrogens with two attached hydrogens (primary N) is 1. The van der Waals surface area contributed by atoms with Gasteiger partial charge in [0.15, 0.2) is 0 Å². The topological polar surface area (TPSA) is 38.5 Å². The molecule has 0 saturated carbocycles. The van der Waals surface area contributed by atoms with Gasteiger partial charge in [0.1, 0.15) is 0 Å². The van der Waals surface area contributed by atoms with E-state index in [1.165, 1.54) is 32.2 Å². The molecule has 84 valence electrons. The summed E-state index contributed by atoms with van der Waals surface area (Å²) in [7, 11) is 0. The fraction of sp³-hybridized carbons (Fsp3) is 1.00. The monoisotopic (exact) mass is 200 g/mol. The van der Waals surface area contributed by atoms with Crippen molar-refractivity contribution in [3.8, 4) is 0 Å². The molecular formula is C11H24N2O. The van der Waals surface area contributed by atoms with Crippen molar-refractivity contribution < 1.29 is 4.74 Å². The van der Waals surface area contributed by atoms with Crippen LogP contribution in [0.4, 0.5) is 0 Å². The molecule has 1 fully saturated rings. The number of ether oxygens (including phenoxy) is 1. The van der Waals surface area contributed by atoms with Gasteiger partial charge in [-0.2, -0.15) is 0 Å². The maximum absolute atomic E-state index is 5.59. The Morgan fingerprint density at radius 1 is 1.36 bits per heavy atom. The summed E-state index contributed by atoms with van der Waals surface area (Å²) in [6, 6.07) is 0. The molecule has 0 aromatic carbocycles. The first-order chi connectivity index (χ1) is 6.86. The van der Waals surface area contributed by atoms with E-state index in [-0.39, 0.29) is 6.10 Å². The van der Waals surface area contributed by atoms with Gasteiger partial charge in [-0.15, -0.1) is 0 Å². The zero-order valence-corrected chi connectivity index (χ0v) is 9.37. The molecule has 0 amide bonds. The summed E-state index contributed by atoms with van der Waals surface area (Å²) in [5, 5.41) is 0. The molecule has 0 aromatic heterocycles. The Labute approximate surface area is 87.6 Å². The number of hydrogen-bond acceptors (Lipinski definition) is 3. The van der Waals surface area contributed by atoms with E-state index in [1.807, 2.05) is 0 Å². The normalized spacial score (nSPS) is 24.0. The van der Waals surface area contributed by atoms with Gasteiger partial charge < -0.3 is 10.5 Å². The van der Waals surface area contributed by atoms with E-state index in [0.717, 1.165) is 19.7 Å². The predicted octanol–water partition coefficient (Wildman–Crippen LogP) is 1.23. The second-order valence-electron chi connectivity index (χ2n) is 4.09. The lowest BCUT2D eigenvalue weighted by Crippen LogP contribution is -2.45. The summed E-state index contributed by atoms with van der Waals surface area (Å²) in [6.07, 6.45) is 5.64. The predicted molar refractivity (Wildman–Crippen MR) is 59.4 cm³/mol. The Balaban J connectivity index is 2.05. The number of morpholine rings is 1. The molecule has 1 atom stereocenters. The maximum atomic E-state index is 5.59. The summed E-state index contributed by atoms with van der Waals surface area (Å²) < 4.78 is 5.52. The lowest BCUT2D eigenvalue weighted by molar-refractivity contribution is -0.0235. The highest BCUT2D eigenvalue weighted by atomic mass is 16.5. The summed E-state index contributed by atoms with van der Waals surface area (Å²) in [5.74, 6) is 0. The molecule has 0 radical (unpaired) electrons. The van der Waals surface area contributed by atoms with Crippen LogP contribution < -0.4 is 5.73 Å². The third kappa shape index (κ3) is 4.40. The van der Waals surface area contributed by atoms with E-state index in [4.69, 9.17) is 10.5 Å². The number of hydrogen-bond donors (Lipinski definition) is 1. The SMILES string of the molecule is CCCCCCN1CCOC(CN)C1. The van der Waals surface area contributed by atoms with Crippen LogP contribution in [0.3, 0.4) is 0 Å². The summed E-state index contributed by atoms with van der Waals surface area (Å²) in [5.41, 5.74) is 5.59. The Morgan fingerprint density at radius 2 is 2.21 bits per heavy atom. The molecule has 1 rings (SSSR count). The molecule has 0 aromatic rings. The molecule has 1 aliphatic rings. The van der Waals surface area contributed by atoms with Gasteiger partial charge in [0.25, 0.3) is 0 Å². The minimum atomic E-state index is 0.273. The van der Waals surface area contributed by atoms with Gasteiger partial charge in [-0.3, -0.25) is 4.90 Å². The first-order valence-electron chi connectivity index (χ1n) is 5.90. The molecule has 2 N–H and O–H groups in total. The van der Waals surface area contributed by atoms with Crippen molar-refractivity contribution >= 4 is 0 Å². The fourth-order valence-electron chi connectivity index (χ4n) is 1.89. The average molecular weight is 200 g/mol. The van der Waals surface area contributed by atoms with Crippen molar-refractivity contribution in [2.75, 3.05) is 32.8 Å². The van der Waals surface area contributed by atoms with Gasteiger partial charge >= 0.3 is 0 Å². The van der Waals surface area contributed by atoms with Crippen LogP contribution in [-0.4, -0.2) is 43.8 Å². The third-order valence-corrected chi connectivity index (χ3v) is 2.81. The molecule has 0 spiro atoms. The van der Waals surface area contributed by atoms with Crippen molar-refractivity contribution in [3.05, 3.63) is 0 Å². The van der Waals surface area contributed by atoms with Crippen LogP contribution in [0, 0.1) is 0 Å². The van der Waals surface area contributed by atoms with Crippen LogP contribution in [0.25, 0.3) is 0 Å². The molecular weight excluding hydrogens is 176 g/mol. The standard InChI is InChI=1S/C11H24N2O/c1-2-3-4-5-6-13-7-8-14-11(9-12)10-13/h11H,2-10,12H2,1H3. The van der Waals surface area contributed by atoms with Crippen molar-refractivity contribution in [1.82, 2.24) is 4.90 Å². The van der Waals surface area contributed by atoms with Crippen molar-refractivity contribution in [2.24, 2.45) is 5.73 Å². The highest BCUT2D eigenvalue weighted by Gasteiger charge is 2.18. The van der Waals surface area contributed by atoms with Crippen molar-refractivity contribution in [1.29, 1.82) is 0 Å². The van der Waals surface area contributed by atoms with E-state index in [0.29, 0.717) is 6.54 Å². The molecule has 3 nitrogen and oxygen atoms in total. The van der Waals surface area contributed by atoms with Crippen LogP contribution in [0.2, 0.25) is 0 Å². The lowest BCUT2D eigenvalue weighted by Gasteiger charge is -2.32. The van der Waals surface area contributed by atoms with Crippen molar-refractivity contribution in [2.45, 2.75) is 38.7 Å². The highest BCUT2D eigenvalue weighted by molar-refractivity contribution is 4.71. The van der Waals surface area contributed by atoms with Crippen LogP contribution in [0.1, 0.15) is 32.6 Å². The van der Waals surface area contributed by atoms with Gasteiger partial charge in [0.05, 0.1) is 12.7 Å². The summed E-state index contributed by atoms with van der Waals surface area (Å²) in [6.45, 7) is 7.10. The average Bonchev–Trinajstić information content (AvgIpc) is 2.25. The van der Waals surface area contributed by atoms with Crippen LogP contribution in [-0.2, 0) is 4.74 Å². The van der Waals surface area contributed by atoms with Gasteiger partial charge in [0.2, 0.25) is 0 Å². The molecule has 1 heterocycles.